The third-order valence-electron chi connectivity index (χ3n) is 5.28. The molecule has 0 saturated carbocycles. The Morgan fingerprint density at radius 3 is 2.52 bits per heavy atom. The summed E-state index contributed by atoms with van der Waals surface area (Å²) in [6.07, 6.45) is 4.50. The molecule has 2 heterocycles. The van der Waals surface area contributed by atoms with E-state index in [2.05, 4.69) is 65.9 Å². The highest BCUT2D eigenvalue weighted by Gasteiger charge is 2.25. The number of nitrogens with zero attached hydrogens (tertiary/aromatic N) is 3. The molecular formula is C23H31N5O. The van der Waals surface area contributed by atoms with Gasteiger partial charge in [0.1, 0.15) is 0 Å². The lowest BCUT2D eigenvalue weighted by Crippen LogP contribution is -2.44. The molecule has 1 aromatic carbocycles. The van der Waals surface area contributed by atoms with E-state index in [0.29, 0.717) is 0 Å². The number of carbonyl (C=O) groups is 1. The van der Waals surface area contributed by atoms with E-state index in [0.717, 1.165) is 30.7 Å². The van der Waals surface area contributed by atoms with Crippen molar-refractivity contribution in [1.29, 1.82) is 0 Å². The summed E-state index contributed by atoms with van der Waals surface area (Å²) in [5, 5.41) is 14.7. The number of benzene rings is 1. The number of carbonyl (C=O) groups excluding carboxylic acids is 1. The van der Waals surface area contributed by atoms with Gasteiger partial charge in [-0.3, -0.25) is 4.40 Å². The Morgan fingerprint density at radius 1 is 1.07 bits per heavy atom. The Kier molecular flexibility index (Phi) is 6.52. The van der Waals surface area contributed by atoms with Crippen LogP contribution < -0.4 is 10.6 Å². The molecule has 3 rings (SSSR count). The van der Waals surface area contributed by atoms with Crippen molar-refractivity contribution in [2.45, 2.75) is 64.5 Å². The second kappa shape index (κ2) is 9.07. The molecule has 2 amide bonds. The highest BCUT2D eigenvalue weighted by atomic mass is 16.2. The van der Waals surface area contributed by atoms with Crippen LogP contribution in [0.3, 0.4) is 0 Å². The van der Waals surface area contributed by atoms with Crippen molar-refractivity contribution in [3.05, 3.63) is 66.1 Å². The van der Waals surface area contributed by atoms with Gasteiger partial charge in [-0.25, -0.2) is 4.79 Å². The van der Waals surface area contributed by atoms with Gasteiger partial charge in [0.05, 0.1) is 6.04 Å². The Labute approximate surface area is 172 Å². The fourth-order valence-electron chi connectivity index (χ4n) is 3.90. The highest BCUT2D eigenvalue weighted by molar-refractivity contribution is 5.74. The second-order valence-electron chi connectivity index (χ2n) is 8.30. The minimum absolute atomic E-state index is 0.0278. The smallest absolute Gasteiger partial charge is 0.315 e. The van der Waals surface area contributed by atoms with Crippen LogP contribution in [-0.2, 0) is 5.41 Å². The van der Waals surface area contributed by atoms with E-state index in [4.69, 9.17) is 0 Å². The van der Waals surface area contributed by atoms with Crippen molar-refractivity contribution >= 4 is 11.7 Å². The quantitative estimate of drug-likeness (QED) is 0.586. The number of nitrogens with one attached hydrogen (secondary N) is 2. The van der Waals surface area contributed by atoms with E-state index >= 15 is 0 Å². The summed E-state index contributed by atoms with van der Waals surface area (Å²) in [6, 6.07) is 15.9. The number of aromatic nitrogens is 3. The molecule has 2 N–H and O–H groups in total. The molecule has 0 saturated heterocycles. The first kappa shape index (κ1) is 20.8. The lowest BCUT2D eigenvalue weighted by atomic mass is 9.79. The van der Waals surface area contributed by atoms with Gasteiger partial charge in [0.15, 0.2) is 11.5 Å². The zero-order valence-electron chi connectivity index (χ0n) is 17.7. The summed E-state index contributed by atoms with van der Waals surface area (Å²) < 4.78 is 1.93. The number of rotatable bonds is 8. The van der Waals surface area contributed by atoms with E-state index in [1.807, 2.05) is 41.8 Å². The molecule has 6 heteroatoms. The van der Waals surface area contributed by atoms with Crippen LogP contribution in [0.5, 0.6) is 0 Å². The lowest BCUT2D eigenvalue weighted by Gasteiger charge is -2.29. The van der Waals surface area contributed by atoms with Crippen LogP contribution >= 0.6 is 0 Å². The van der Waals surface area contributed by atoms with E-state index in [1.54, 1.807) is 0 Å². The second-order valence-corrected chi connectivity index (χ2v) is 8.30. The molecule has 0 aliphatic rings. The third kappa shape index (κ3) is 5.13. The largest absolute Gasteiger partial charge is 0.336 e. The molecule has 3 aromatic rings. The summed E-state index contributed by atoms with van der Waals surface area (Å²) in [7, 11) is 0. The predicted molar refractivity (Wildman–Crippen MR) is 116 cm³/mol. The fourth-order valence-corrected chi connectivity index (χ4v) is 3.90. The van der Waals surface area contributed by atoms with Crippen molar-refractivity contribution in [3.63, 3.8) is 0 Å². The Balaban J connectivity index is 1.64. The van der Waals surface area contributed by atoms with Gasteiger partial charge in [-0.2, -0.15) is 0 Å². The number of pyridine rings is 1. The Morgan fingerprint density at radius 2 is 1.79 bits per heavy atom. The first-order valence-corrected chi connectivity index (χ1v) is 10.3. The van der Waals surface area contributed by atoms with Crippen molar-refractivity contribution in [2.24, 2.45) is 0 Å². The highest BCUT2D eigenvalue weighted by Crippen LogP contribution is 2.28. The monoisotopic (exact) mass is 393 g/mol. The summed E-state index contributed by atoms with van der Waals surface area (Å²) in [5.74, 6) is 0.759. The normalized spacial score (nSPS) is 13.8. The van der Waals surface area contributed by atoms with Crippen molar-refractivity contribution in [1.82, 2.24) is 25.2 Å². The zero-order chi connectivity index (χ0) is 20.9. The number of fused-ring (bicyclic) bond motifs is 1. The average molecular weight is 394 g/mol. The fraction of sp³-hybridized carbons (Fsp3) is 0.435. The average Bonchev–Trinajstić information content (AvgIpc) is 3.12. The van der Waals surface area contributed by atoms with E-state index in [1.165, 1.54) is 5.56 Å². The van der Waals surface area contributed by atoms with Gasteiger partial charge in [0.25, 0.3) is 0 Å². The molecular weight excluding hydrogens is 362 g/mol. The molecule has 2 atom stereocenters. The van der Waals surface area contributed by atoms with Gasteiger partial charge in [0, 0.05) is 12.2 Å². The molecule has 0 fully saturated rings. The molecule has 0 radical (unpaired) electrons. The summed E-state index contributed by atoms with van der Waals surface area (Å²) in [6.45, 7) is 8.56. The van der Waals surface area contributed by atoms with Crippen LogP contribution in [0.4, 0.5) is 4.79 Å². The van der Waals surface area contributed by atoms with Gasteiger partial charge in [-0.05, 0) is 42.9 Å². The maximum atomic E-state index is 12.7. The topological polar surface area (TPSA) is 71.3 Å². The molecule has 6 nitrogen and oxygen atoms in total. The molecule has 2 unspecified atom stereocenters. The first-order valence-electron chi connectivity index (χ1n) is 10.3. The van der Waals surface area contributed by atoms with Crippen molar-refractivity contribution in [3.8, 4) is 0 Å². The molecule has 0 bridgehead atoms. The molecule has 0 aliphatic heterocycles. The number of urea groups is 1. The van der Waals surface area contributed by atoms with E-state index in [9.17, 15) is 4.79 Å². The Hall–Kier alpha value is -2.89. The SMILES string of the molecule is CCCC(NC(=O)NC(C)CC(C)(C)c1ccccc1)c1nnc2ccccn12. The summed E-state index contributed by atoms with van der Waals surface area (Å²) >= 11 is 0. The number of hydrogen-bond donors (Lipinski definition) is 2. The molecule has 29 heavy (non-hydrogen) atoms. The Bertz CT molecular complexity index is 935. The first-order chi connectivity index (χ1) is 13.9. The maximum absolute atomic E-state index is 12.7. The van der Waals surface area contributed by atoms with Gasteiger partial charge >= 0.3 is 6.03 Å². The molecule has 2 aromatic heterocycles. The number of hydrogen-bond acceptors (Lipinski definition) is 3. The third-order valence-corrected chi connectivity index (χ3v) is 5.28. The maximum Gasteiger partial charge on any atom is 0.315 e. The molecule has 0 aliphatic carbocycles. The number of amides is 2. The minimum Gasteiger partial charge on any atom is -0.336 e. The van der Waals surface area contributed by atoms with Gasteiger partial charge in [0.2, 0.25) is 0 Å². The van der Waals surface area contributed by atoms with Crippen molar-refractivity contribution in [2.75, 3.05) is 0 Å². The van der Waals surface area contributed by atoms with Crippen molar-refractivity contribution < 1.29 is 4.79 Å². The van der Waals surface area contributed by atoms with Crippen LogP contribution in [0.2, 0.25) is 0 Å². The molecule has 0 spiro atoms. The van der Waals surface area contributed by atoms with Gasteiger partial charge < -0.3 is 10.6 Å². The van der Waals surface area contributed by atoms with E-state index in [-0.39, 0.29) is 23.5 Å². The standard InChI is InChI=1S/C23H31N5O/c1-5-11-19(21-27-26-20-14-9-10-15-28(20)21)25-22(29)24-17(2)16-23(3,4)18-12-7-6-8-13-18/h6-10,12-15,17,19H,5,11,16H2,1-4H3,(H2,24,25,29). The minimum atomic E-state index is -0.188. The summed E-state index contributed by atoms with van der Waals surface area (Å²) in [4.78, 5) is 12.7. The predicted octanol–water partition coefficient (Wildman–Crippen LogP) is 4.63. The van der Waals surface area contributed by atoms with Gasteiger partial charge in [-0.1, -0.05) is 63.6 Å². The summed E-state index contributed by atoms with van der Waals surface area (Å²) in [5.41, 5.74) is 2.02. The lowest BCUT2D eigenvalue weighted by molar-refractivity contribution is 0.229. The van der Waals surface area contributed by atoms with Crippen LogP contribution in [0.1, 0.15) is 64.4 Å². The van der Waals surface area contributed by atoms with Crippen LogP contribution in [0.15, 0.2) is 54.7 Å². The zero-order valence-corrected chi connectivity index (χ0v) is 17.7. The van der Waals surface area contributed by atoms with Crippen LogP contribution in [0, 0.1) is 0 Å². The van der Waals surface area contributed by atoms with Gasteiger partial charge in [-0.15, -0.1) is 10.2 Å². The molecule has 154 valence electrons. The van der Waals surface area contributed by atoms with Crippen LogP contribution in [-0.4, -0.2) is 26.7 Å². The van der Waals surface area contributed by atoms with E-state index < -0.39 is 0 Å². The van der Waals surface area contributed by atoms with Crippen LogP contribution in [0.25, 0.3) is 5.65 Å².